The Hall–Kier alpha value is -2.09. The Morgan fingerprint density at radius 3 is 2.69 bits per heavy atom. The number of carbonyl (C=O) groups excluding carboxylic acids is 1. The summed E-state index contributed by atoms with van der Waals surface area (Å²) in [6.07, 6.45) is 3.87. The first-order chi connectivity index (χ1) is 13.8. The fourth-order valence-corrected chi connectivity index (χ4v) is 3.25. The SMILES string of the molecule is CC1=CC(O[C@H](CCCCNCc2ccc(F)c(C)c2)C(=O)NO)C(C)C=C1F. The Morgan fingerprint density at radius 1 is 1.24 bits per heavy atom. The van der Waals surface area contributed by atoms with Crippen LogP contribution in [0.5, 0.6) is 0 Å². The first kappa shape index (κ1) is 23.2. The van der Waals surface area contributed by atoms with Crippen LogP contribution in [0.2, 0.25) is 0 Å². The average molecular weight is 408 g/mol. The van der Waals surface area contributed by atoms with Crippen molar-refractivity contribution in [2.24, 2.45) is 5.92 Å². The maximum Gasteiger partial charge on any atom is 0.272 e. The molecule has 7 heteroatoms. The highest BCUT2D eigenvalue weighted by Gasteiger charge is 2.27. The zero-order chi connectivity index (χ0) is 21.4. The quantitative estimate of drug-likeness (QED) is 0.310. The Kier molecular flexibility index (Phi) is 8.95. The van der Waals surface area contributed by atoms with Crippen molar-refractivity contribution in [1.82, 2.24) is 10.8 Å². The molecule has 0 fully saturated rings. The molecule has 1 amide bonds. The summed E-state index contributed by atoms with van der Waals surface area (Å²) < 4.78 is 32.8. The van der Waals surface area contributed by atoms with Gasteiger partial charge in [0.1, 0.15) is 17.7 Å². The minimum absolute atomic E-state index is 0.200. The van der Waals surface area contributed by atoms with Crippen molar-refractivity contribution < 1.29 is 23.5 Å². The summed E-state index contributed by atoms with van der Waals surface area (Å²) in [6, 6.07) is 5.03. The second kappa shape index (κ2) is 11.2. The van der Waals surface area contributed by atoms with Gasteiger partial charge in [0, 0.05) is 12.5 Å². The predicted octanol–water partition coefficient (Wildman–Crippen LogP) is 4.10. The third-order valence-electron chi connectivity index (χ3n) is 5.06. The number of halogens is 2. The number of hydroxylamine groups is 1. The van der Waals surface area contributed by atoms with Gasteiger partial charge in [0.25, 0.3) is 5.91 Å². The zero-order valence-corrected chi connectivity index (χ0v) is 17.2. The molecule has 160 valence electrons. The summed E-state index contributed by atoms with van der Waals surface area (Å²) in [4.78, 5) is 12.0. The smallest absolute Gasteiger partial charge is 0.272 e. The molecule has 1 aromatic rings. The summed E-state index contributed by atoms with van der Waals surface area (Å²) in [6.45, 7) is 6.58. The van der Waals surface area contributed by atoms with E-state index in [1.165, 1.54) is 12.1 Å². The molecule has 1 aliphatic rings. The van der Waals surface area contributed by atoms with Crippen LogP contribution >= 0.6 is 0 Å². The van der Waals surface area contributed by atoms with Gasteiger partial charge in [-0.3, -0.25) is 10.0 Å². The molecule has 0 saturated heterocycles. The number of nitrogens with one attached hydrogen (secondary N) is 2. The molecular weight excluding hydrogens is 378 g/mol. The van der Waals surface area contributed by atoms with Gasteiger partial charge in [-0.25, -0.2) is 14.3 Å². The van der Waals surface area contributed by atoms with E-state index in [4.69, 9.17) is 9.94 Å². The average Bonchev–Trinajstić information content (AvgIpc) is 2.69. The van der Waals surface area contributed by atoms with Crippen molar-refractivity contribution in [3.8, 4) is 0 Å². The normalized spacial score (nSPS) is 20.1. The molecule has 1 aliphatic carbocycles. The largest absolute Gasteiger partial charge is 0.360 e. The number of carbonyl (C=O) groups is 1. The lowest BCUT2D eigenvalue weighted by molar-refractivity contribution is -0.145. The van der Waals surface area contributed by atoms with Crippen LogP contribution in [0, 0.1) is 18.7 Å². The van der Waals surface area contributed by atoms with Crippen LogP contribution in [0.3, 0.4) is 0 Å². The number of unbranched alkanes of at least 4 members (excludes halogenated alkanes) is 1. The molecule has 29 heavy (non-hydrogen) atoms. The van der Waals surface area contributed by atoms with Crippen molar-refractivity contribution in [3.63, 3.8) is 0 Å². The number of hydrogen-bond donors (Lipinski definition) is 3. The van der Waals surface area contributed by atoms with Crippen molar-refractivity contribution in [1.29, 1.82) is 0 Å². The maximum atomic E-state index is 13.6. The second-order valence-electron chi connectivity index (χ2n) is 7.54. The third-order valence-corrected chi connectivity index (χ3v) is 5.06. The summed E-state index contributed by atoms with van der Waals surface area (Å²) >= 11 is 0. The fraction of sp³-hybridized carbons (Fsp3) is 0.500. The van der Waals surface area contributed by atoms with E-state index >= 15 is 0 Å². The molecule has 5 nitrogen and oxygen atoms in total. The molecule has 2 rings (SSSR count). The van der Waals surface area contributed by atoms with Gasteiger partial charge in [-0.1, -0.05) is 19.1 Å². The molecule has 3 N–H and O–H groups in total. The molecule has 1 aromatic carbocycles. The van der Waals surface area contributed by atoms with E-state index < -0.39 is 18.1 Å². The molecular formula is C22H30F2N2O3. The molecule has 0 aromatic heterocycles. The Morgan fingerprint density at radius 2 is 2.00 bits per heavy atom. The van der Waals surface area contributed by atoms with Gasteiger partial charge in [-0.05, 0) is 74.6 Å². The third kappa shape index (κ3) is 7.03. The molecule has 0 bridgehead atoms. The Balaban J connectivity index is 1.76. The van der Waals surface area contributed by atoms with Crippen LogP contribution in [0.25, 0.3) is 0 Å². The van der Waals surface area contributed by atoms with Crippen LogP contribution in [0.4, 0.5) is 8.78 Å². The number of amides is 1. The minimum Gasteiger partial charge on any atom is -0.360 e. The van der Waals surface area contributed by atoms with Gasteiger partial charge in [0.15, 0.2) is 0 Å². The van der Waals surface area contributed by atoms with E-state index in [9.17, 15) is 13.6 Å². The molecule has 0 aliphatic heterocycles. The van der Waals surface area contributed by atoms with Crippen LogP contribution in [-0.4, -0.2) is 29.9 Å². The number of allylic oxidation sites excluding steroid dienone is 2. The number of benzene rings is 1. The topological polar surface area (TPSA) is 70.6 Å². The molecule has 0 spiro atoms. The Bertz CT molecular complexity index is 764. The number of aryl methyl sites for hydroxylation is 1. The van der Waals surface area contributed by atoms with Crippen molar-refractivity contribution >= 4 is 5.91 Å². The van der Waals surface area contributed by atoms with Gasteiger partial charge >= 0.3 is 0 Å². The first-order valence-electron chi connectivity index (χ1n) is 9.93. The van der Waals surface area contributed by atoms with Gasteiger partial charge in [0.2, 0.25) is 0 Å². The molecule has 0 saturated carbocycles. The van der Waals surface area contributed by atoms with Crippen molar-refractivity contribution in [3.05, 3.63) is 58.7 Å². The van der Waals surface area contributed by atoms with Crippen LogP contribution in [0.15, 0.2) is 41.8 Å². The number of rotatable bonds is 10. The highest BCUT2D eigenvalue weighted by atomic mass is 19.1. The van der Waals surface area contributed by atoms with E-state index in [2.05, 4.69) is 5.32 Å². The monoisotopic (exact) mass is 408 g/mol. The van der Waals surface area contributed by atoms with Crippen LogP contribution in [0.1, 0.15) is 44.2 Å². The van der Waals surface area contributed by atoms with Crippen molar-refractivity contribution in [2.75, 3.05) is 6.54 Å². The highest BCUT2D eigenvalue weighted by molar-refractivity contribution is 5.79. The molecule has 2 unspecified atom stereocenters. The van der Waals surface area contributed by atoms with E-state index in [0.29, 0.717) is 30.5 Å². The van der Waals surface area contributed by atoms with E-state index in [1.807, 2.05) is 13.0 Å². The first-order valence-corrected chi connectivity index (χ1v) is 9.93. The summed E-state index contributed by atoms with van der Waals surface area (Å²) in [5, 5.41) is 12.3. The van der Waals surface area contributed by atoms with Crippen LogP contribution < -0.4 is 10.8 Å². The van der Waals surface area contributed by atoms with Gasteiger partial charge < -0.3 is 10.1 Å². The van der Waals surface area contributed by atoms with E-state index in [0.717, 1.165) is 18.5 Å². The summed E-state index contributed by atoms with van der Waals surface area (Å²) in [7, 11) is 0. The van der Waals surface area contributed by atoms with E-state index in [1.54, 1.807) is 31.5 Å². The molecule has 3 atom stereocenters. The molecule has 0 heterocycles. The van der Waals surface area contributed by atoms with Gasteiger partial charge in [0.05, 0.1) is 6.10 Å². The standard InChI is InChI=1S/C22H30F2N2O3/c1-14-10-17(7-8-18(14)23)13-25-9-5-4-6-20(22(27)26-28)29-21-12-15(2)19(24)11-16(21)3/h7-8,10-12,16,20-21,25,28H,4-6,9,13H2,1-3H3,(H,26,27)/t16?,20-,21?/m1/s1. The maximum absolute atomic E-state index is 13.6. The predicted molar refractivity (Wildman–Crippen MR) is 107 cm³/mol. The lowest BCUT2D eigenvalue weighted by Crippen LogP contribution is -2.38. The zero-order valence-electron chi connectivity index (χ0n) is 17.2. The lowest BCUT2D eigenvalue weighted by Gasteiger charge is -2.27. The minimum atomic E-state index is -0.814. The van der Waals surface area contributed by atoms with E-state index in [-0.39, 0.29) is 17.6 Å². The highest BCUT2D eigenvalue weighted by Crippen LogP contribution is 2.27. The number of ether oxygens (including phenoxy) is 1. The Labute approximate surface area is 170 Å². The van der Waals surface area contributed by atoms with Crippen LogP contribution in [-0.2, 0) is 16.1 Å². The molecule has 0 radical (unpaired) electrons. The van der Waals surface area contributed by atoms with Crippen molar-refractivity contribution in [2.45, 2.75) is 58.8 Å². The lowest BCUT2D eigenvalue weighted by atomic mass is 9.95. The van der Waals surface area contributed by atoms with Gasteiger partial charge in [-0.15, -0.1) is 0 Å². The summed E-state index contributed by atoms with van der Waals surface area (Å²) in [5.74, 6) is -1.29. The summed E-state index contributed by atoms with van der Waals surface area (Å²) in [5.41, 5.74) is 3.77. The van der Waals surface area contributed by atoms with Gasteiger partial charge in [-0.2, -0.15) is 0 Å². The fourth-order valence-electron chi connectivity index (χ4n) is 3.25. The number of hydrogen-bond acceptors (Lipinski definition) is 4. The second-order valence-corrected chi connectivity index (χ2v) is 7.54.